The number of aliphatic hydroxyl groups excluding tert-OH is 1. The van der Waals surface area contributed by atoms with E-state index in [1.807, 2.05) is 0 Å². The van der Waals surface area contributed by atoms with Gasteiger partial charge in [0.25, 0.3) is 0 Å². The van der Waals surface area contributed by atoms with Gasteiger partial charge in [0.15, 0.2) is 0 Å². The molecule has 5 heteroatoms. The molecule has 12 heavy (non-hydrogen) atoms. The van der Waals surface area contributed by atoms with E-state index in [2.05, 4.69) is 4.98 Å². The van der Waals surface area contributed by atoms with Crippen LogP contribution in [0.5, 0.6) is 0 Å². The third kappa shape index (κ3) is 1.75. The molecule has 0 bridgehead atoms. The molecule has 0 aliphatic rings. The number of halogens is 2. The Kier molecular flexibility index (Phi) is 2.67. The van der Waals surface area contributed by atoms with Crippen LogP contribution in [0, 0.1) is 11.8 Å². The number of aromatic nitrogens is 1. The molecule has 1 aromatic heterocycles. The molecule has 0 saturated carbocycles. The van der Waals surface area contributed by atoms with Crippen molar-refractivity contribution < 1.29 is 13.9 Å². The van der Waals surface area contributed by atoms with Gasteiger partial charge in [-0.25, -0.2) is 9.37 Å². The Morgan fingerprint density at radius 2 is 2.25 bits per heavy atom. The van der Waals surface area contributed by atoms with E-state index in [1.165, 1.54) is 0 Å². The summed E-state index contributed by atoms with van der Waals surface area (Å²) < 4.78 is 25.2. The van der Waals surface area contributed by atoms with Gasteiger partial charge in [0.05, 0.1) is 12.3 Å². The first-order valence-corrected chi connectivity index (χ1v) is 3.34. The van der Waals surface area contributed by atoms with E-state index in [-0.39, 0.29) is 12.1 Å². The van der Waals surface area contributed by atoms with Gasteiger partial charge in [0.1, 0.15) is 5.82 Å². The third-order valence-electron chi connectivity index (χ3n) is 1.43. The summed E-state index contributed by atoms with van der Waals surface area (Å²) in [5.74, 6) is -1.59. The monoisotopic (exact) mass is 174 g/mol. The van der Waals surface area contributed by atoms with Crippen LogP contribution in [-0.4, -0.2) is 16.6 Å². The van der Waals surface area contributed by atoms with Crippen molar-refractivity contribution in [2.24, 2.45) is 5.73 Å². The summed E-state index contributed by atoms with van der Waals surface area (Å²) >= 11 is 0. The number of nitrogens with two attached hydrogens (primary N) is 1. The van der Waals surface area contributed by atoms with E-state index in [1.54, 1.807) is 0 Å². The minimum absolute atomic E-state index is 0.152. The molecule has 0 aliphatic carbocycles. The molecule has 1 heterocycles. The highest BCUT2D eigenvalue weighted by Gasteiger charge is 2.12. The van der Waals surface area contributed by atoms with Crippen LogP contribution in [0.4, 0.5) is 8.78 Å². The summed E-state index contributed by atoms with van der Waals surface area (Å²) in [5, 5.41) is 9.08. The molecule has 0 spiro atoms. The molecular weight excluding hydrogens is 166 g/mol. The van der Waals surface area contributed by atoms with Gasteiger partial charge in [-0.05, 0) is 0 Å². The Balaban J connectivity index is 3.04. The Labute approximate surface area is 67.8 Å². The van der Waals surface area contributed by atoms with Gasteiger partial charge in [-0.1, -0.05) is 0 Å². The van der Waals surface area contributed by atoms with Gasteiger partial charge in [-0.2, -0.15) is 4.39 Å². The average molecular weight is 174 g/mol. The van der Waals surface area contributed by atoms with Crippen molar-refractivity contribution in [1.29, 1.82) is 0 Å². The quantitative estimate of drug-likeness (QED) is 0.636. The van der Waals surface area contributed by atoms with Crippen LogP contribution in [0.2, 0.25) is 0 Å². The first-order chi connectivity index (χ1) is 5.65. The molecular formula is C7H8F2N2O. The second-order valence-corrected chi connectivity index (χ2v) is 2.28. The molecule has 0 amide bonds. The van der Waals surface area contributed by atoms with E-state index < -0.39 is 17.9 Å². The van der Waals surface area contributed by atoms with Gasteiger partial charge in [0, 0.05) is 18.2 Å². The van der Waals surface area contributed by atoms with E-state index in [0.29, 0.717) is 6.20 Å². The smallest absolute Gasteiger partial charge is 0.213 e. The molecule has 0 aromatic carbocycles. The fourth-order valence-corrected chi connectivity index (χ4v) is 0.810. The zero-order valence-electron chi connectivity index (χ0n) is 6.17. The van der Waals surface area contributed by atoms with E-state index in [9.17, 15) is 8.78 Å². The molecule has 66 valence electrons. The molecule has 0 radical (unpaired) electrons. The first kappa shape index (κ1) is 9.02. The van der Waals surface area contributed by atoms with Crippen molar-refractivity contribution in [3.05, 3.63) is 29.6 Å². The molecule has 1 unspecified atom stereocenters. The van der Waals surface area contributed by atoms with Crippen molar-refractivity contribution in [3.63, 3.8) is 0 Å². The molecule has 1 atom stereocenters. The summed E-state index contributed by atoms with van der Waals surface area (Å²) in [5.41, 5.74) is 4.90. The lowest BCUT2D eigenvalue weighted by Crippen LogP contribution is -2.13. The topological polar surface area (TPSA) is 59.1 Å². The molecule has 0 aliphatic heterocycles. The SMILES string of the molecule is NCC(O)c1cc(F)ncc1F. The molecule has 0 saturated heterocycles. The summed E-state index contributed by atoms with van der Waals surface area (Å²) in [6, 6.07) is 0.826. The highest BCUT2D eigenvalue weighted by atomic mass is 19.1. The largest absolute Gasteiger partial charge is 0.387 e. The van der Waals surface area contributed by atoms with Gasteiger partial charge < -0.3 is 10.8 Å². The fourth-order valence-electron chi connectivity index (χ4n) is 0.810. The molecule has 1 aromatic rings. The van der Waals surface area contributed by atoms with Crippen LogP contribution in [0.1, 0.15) is 11.7 Å². The first-order valence-electron chi connectivity index (χ1n) is 3.34. The number of rotatable bonds is 2. The maximum Gasteiger partial charge on any atom is 0.213 e. The maximum atomic E-state index is 12.8. The molecule has 1 rings (SSSR count). The van der Waals surface area contributed by atoms with Crippen LogP contribution in [0.25, 0.3) is 0 Å². The highest BCUT2D eigenvalue weighted by Crippen LogP contribution is 2.15. The van der Waals surface area contributed by atoms with E-state index >= 15 is 0 Å². The number of hydrogen-bond acceptors (Lipinski definition) is 3. The van der Waals surface area contributed by atoms with Crippen molar-refractivity contribution in [3.8, 4) is 0 Å². The average Bonchev–Trinajstić information content (AvgIpc) is 2.08. The third-order valence-corrected chi connectivity index (χ3v) is 1.43. The number of hydrogen-bond donors (Lipinski definition) is 2. The Morgan fingerprint density at radius 1 is 1.58 bits per heavy atom. The summed E-state index contributed by atoms with van der Waals surface area (Å²) in [6.45, 7) is -0.152. The minimum atomic E-state index is -1.18. The molecule has 3 nitrogen and oxygen atoms in total. The predicted molar refractivity (Wildman–Crippen MR) is 38.2 cm³/mol. The minimum Gasteiger partial charge on any atom is -0.387 e. The van der Waals surface area contributed by atoms with Crippen molar-refractivity contribution in [1.82, 2.24) is 4.98 Å². The second kappa shape index (κ2) is 3.55. The zero-order valence-corrected chi connectivity index (χ0v) is 6.17. The van der Waals surface area contributed by atoms with Crippen LogP contribution >= 0.6 is 0 Å². The lowest BCUT2D eigenvalue weighted by atomic mass is 10.1. The van der Waals surface area contributed by atoms with Crippen LogP contribution in [-0.2, 0) is 0 Å². The summed E-state index contributed by atoms with van der Waals surface area (Å²) in [4.78, 5) is 3.06. The zero-order chi connectivity index (χ0) is 9.14. The second-order valence-electron chi connectivity index (χ2n) is 2.28. The standard InChI is InChI=1S/C7H8F2N2O/c8-5-3-11-7(9)1-4(5)6(12)2-10/h1,3,6,12H,2,10H2. The van der Waals surface area contributed by atoms with Crippen LogP contribution in [0.15, 0.2) is 12.3 Å². The lowest BCUT2D eigenvalue weighted by Gasteiger charge is -2.07. The maximum absolute atomic E-state index is 12.8. The van der Waals surface area contributed by atoms with Crippen LogP contribution < -0.4 is 5.73 Å². The number of pyridine rings is 1. The normalized spacial score (nSPS) is 13.0. The van der Waals surface area contributed by atoms with E-state index in [4.69, 9.17) is 10.8 Å². The van der Waals surface area contributed by atoms with Crippen molar-refractivity contribution in [2.45, 2.75) is 6.10 Å². The highest BCUT2D eigenvalue weighted by molar-refractivity contribution is 5.16. The Morgan fingerprint density at radius 3 is 2.83 bits per heavy atom. The summed E-state index contributed by atoms with van der Waals surface area (Å²) in [6.07, 6.45) is -0.466. The predicted octanol–water partition coefficient (Wildman–Crippen LogP) is 0.352. The van der Waals surface area contributed by atoms with Gasteiger partial charge in [-0.15, -0.1) is 0 Å². The van der Waals surface area contributed by atoms with Gasteiger partial charge in [0.2, 0.25) is 5.95 Å². The molecule has 3 N–H and O–H groups in total. The Hall–Kier alpha value is -1.07. The van der Waals surface area contributed by atoms with E-state index in [0.717, 1.165) is 6.07 Å². The Bertz CT molecular complexity index is 280. The van der Waals surface area contributed by atoms with Gasteiger partial charge >= 0.3 is 0 Å². The number of nitrogens with zero attached hydrogens (tertiary/aromatic N) is 1. The van der Waals surface area contributed by atoms with Crippen molar-refractivity contribution in [2.75, 3.05) is 6.54 Å². The molecule has 0 fully saturated rings. The van der Waals surface area contributed by atoms with Gasteiger partial charge in [-0.3, -0.25) is 0 Å². The number of aliphatic hydroxyl groups is 1. The van der Waals surface area contributed by atoms with Crippen molar-refractivity contribution >= 4 is 0 Å². The fraction of sp³-hybridized carbons (Fsp3) is 0.286. The summed E-state index contributed by atoms with van der Waals surface area (Å²) in [7, 11) is 0. The lowest BCUT2D eigenvalue weighted by molar-refractivity contribution is 0.181. The van der Waals surface area contributed by atoms with Crippen LogP contribution in [0.3, 0.4) is 0 Å².